The van der Waals surface area contributed by atoms with E-state index >= 15 is 0 Å². The van der Waals surface area contributed by atoms with E-state index in [0.717, 1.165) is 18.2 Å². The van der Waals surface area contributed by atoms with Gasteiger partial charge in [0.05, 0.1) is 7.11 Å². The van der Waals surface area contributed by atoms with Gasteiger partial charge in [-0.2, -0.15) is 8.42 Å². The fourth-order valence-electron chi connectivity index (χ4n) is 2.82. The molecule has 0 aromatic heterocycles. The van der Waals surface area contributed by atoms with Crippen LogP contribution < -0.4 is 14.8 Å². The average Bonchev–Trinajstić information content (AvgIpc) is 2.75. The lowest BCUT2D eigenvalue weighted by Gasteiger charge is -2.13. The van der Waals surface area contributed by atoms with Gasteiger partial charge in [0.2, 0.25) is 0 Å². The number of nitrogens with one attached hydrogen (secondary N) is 2. The first-order valence-electron chi connectivity index (χ1n) is 9.56. The Labute approximate surface area is 186 Å². The zero-order chi connectivity index (χ0) is 23.3. The quantitative estimate of drug-likeness (QED) is 0.419. The van der Waals surface area contributed by atoms with E-state index in [1.165, 1.54) is 30.3 Å². The van der Waals surface area contributed by atoms with Gasteiger partial charge in [0, 0.05) is 11.4 Å². The Morgan fingerprint density at radius 3 is 2.12 bits per heavy atom. The molecular formula is C23H22N2O6S. The fourth-order valence-corrected chi connectivity index (χ4v) is 3.87. The van der Waals surface area contributed by atoms with Crippen molar-refractivity contribution in [2.45, 2.75) is 18.7 Å². The van der Waals surface area contributed by atoms with E-state index in [2.05, 4.69) is 10.6 Å². The molecule has 0 atom stereocenters. The molecule has 0 unspecified atom stereocenters. The second-order valence-corrected chi connectivity index (χ2v) is 8.55. The summed E-state index contributed by atoms with van der Waals surface area (Å²) in [6, 6.07) is 16.8. The van der Waals surface area contributed by atoms with E-state index in [1.807, 2.05) is 19.1 Å². The third-order valence-corrected chi connectivity index (χ3v) is 5.66. The molecule has 32 heavy (non-hydrogen) atoms. The van der Waals surface area contributed by atoms with Crippen molar-refractivity contribution in [3.8, 4) is 5.75 Å². The molecule has 0 heterocycles. The maximum atomic E-state index is 12.7. The van der Waals surface area contributed by atoms with E-state index in [9.17, 15) is 18.0 Å². The van der Waals surface area contributed by atoms with E-state index in [0.29, 0.717) is 5.69 Å². The van der Waals surface area contributed by atoms with Crippen LogP contribution in [0.15, 0.2) is 71.6 Å². The Kier molecular flexibility index (Phi) is 6.79. The lowest BCUT2D eigenvalue weighted by Crippen LogP contribution is -2.20. The molecule has 0 saturated carbocycles. The van der Waals surface area contributed by atoms with Crippen LogP contribution in [0.4, 0.5) is 16.2 Å². The molecule has 2 amide bonds. The number of ether oxygens (including phenoxy) is 1. The van der Waals surface area contributed by atoms with Gasteiger partial charge in [-0.05, 0) is 61.9 Å². The summed E-state index contributed by atoms with van der Waals surface area (Å²) in [6.45, 7) is 3.68. The van der Waals surface area contributed by atoms with Crippen molar-refractivity contribution in [2.75, 3.05) is 17.7 Å². The smallest absolute Gasteiger partial charge is 0.341 e. The highest BCUT2D eigenvalue weighted by molar-refractivity contribution is 7.87. The molecule has 0 saturated heterocycles. The van der Waals surface area contributed by atoms with E-state index in [4.69, 9.17) is 8.92 Å². The number of urea groups is 1. The molecule has 8 nitrogen and oxygen atoms in total. The summed E-state index contributed by atoms with van der Waals surface area (Å²) in [7, 11) is -3.03. The minimum atomic E-state index is -4.19. The number of hydrogen-bond acceptors (Lipinski definition) is 6. The number of amides is 2. The predicted molar refractivity (Wildman–Crippen MR) is 121 cm³/mol. The van der Waals surface area contributed by atoms with Gasteiger partial charge in [0.15, 0.2) is 5.75 Å². The van der Waals surface area contributed by atoms with Gasteiger partial charge in [-0.1, -0.05) is 29.8 Å². The van der Waals surface area contributed by atoms with Crippen molar-refractivity contribution in [3.05, 3.63) is 83.4 Å². The van der Waals surface area contributed by atoms with Gasteiger partial charge >= 0.3 is 22.1 Å². The summed E-state index contributed by atoms with van der Waals surface area (Å²) < 4.78 is 35.3. The standard InChI is InChI=1S/C23H22N2O6S/c1-15-7-9-17(10-8-15)24-23(27)25-18-11-12-21(20(14-18)22(26)30-3)31-32(28,29)19-6-4-5-16(2)13-19/h4-14H,1-3H3,(H2,24,25,27). The van der Waals surface area contributed by atoms with Gasteiger partial charge in [-0.3, -0.25) is 0 Å². The highest BCUT2D eigenvalue weighted by Gasteiger charge is 2.22. The van der Waals surface area contributed by atoms with E-state index in [1.54, 1.807) is 31.2 Å². The molecule has 0 aliphatic rings. The van der Waals surface area contributed by atoms with Crippen molar-refractivity contribution >= 4 is 33.5 Å². The zero-order valence-corrected chi connectivity index (χ0v) is 18.5. The van der Waals surface area contributed by atoms with Gasteiger partial charge in [0.25, 0.3) is 0 Å². The van der Waals surface area contributed by atoms with Gasteiger partial charge < -0.3 is 19.6 Å². The van der Waals surface area contributed by atoms with Crippen LogP contribution >= 0.6 is 0 Å². The maximum absolute atomic E-state index is 12.7. The monoisotopic (exact) mass is 454 g/mol. The summed E-state index contributed by atoms with van der Waals surface area (Å²) in [6.07, 6.45) is 0. The number of carbonyl (C=O) groups excluding carboxylic acids is 2. The van der Waals surface area contributed by atoms with Crippen LogP contribution in [0.2, 0.25) is 0 Å². The summed E-state index contributed by atoms with van der Waals surface area (Å²) >= 11 is 0. The number of anilines is 2. The highest BCUT2D eigenvalue weighted by Crippen LogP contribution is 2.27. The van der Waals surface area contributed by atoms with Crippen LogP contribution in [0, 0.1) is 13.8 Å². The molecule has 166 valence electrons. The van der Waals surface area contributed by atoms with Crippen LogP contribution in [0.5, 0.6) is 5.75 Å². The number of methoxy groups -OCH3 is 1. The first kappa shape index (κ1) is 22.8. The van der Waals surface area contributed by atoms with Crippen LogP contribution in [-0.2, 0) is 14.9 Å². The number of benzene rings is 3. The van der Waals surface area contributed by atoms with E-state index in [-0.39, 0.29) is 21.9 Å². The predicted octanol–water partition coefficient (Wildman–Crippen LogP) is 4.50. The normalized spacial score (nSPS) is 10.8. The minimum Gasteiger partial charge on any atom is -0.465 e. The van der Waals surface area contributed by atoms with Crippen molar-refractivity contribution < 1.29 is 26.9 Å². The van der Waals surface area contributed by atoms with Crippen molar-refractivity contribution in [3.63, 3.8) is 0 Å². The van der Waals surface area contributed by atoms with Crippen LogP contribution in [0.25, 0.3) is 0 Å². The summed E-state index contributed by atoms with van der Waals surface area (Å²) in [5.41, 5.74) is 2.47. The van der Waals surface area contributed by atoms with Crippen molar-refractivity contribution in [1.82, 2.24) is 0 Å². The van der Waals surface area contributed by atoms with Gasteiger partial charge in [-0.15, -0.1) is 0 Å². The molecule has 0 aliphatic carbocycles. The maximum Gasteiger partial charge on any atom is 0.341 e. The summed E-state index contributed by atoms with van der Waals surface area (Å²) in [5.74, 6) is -1.04. The van der Waals surface area contributed by atoms with Gasteiger partial charge in [-0.25, -0.2) is 9.59 Å². The molecule has 3 aromatic rings. The average molecular weight is 455 g/mol. The third kappa shape index (κ3) is 5.64. The minimum absolute atomic E-state index is 0.0482. The van der Waals surface area contributed by atoms with Crippen molar-refractivity contribution in [2.24, 2.45) is 0 Å². The van der Waals surface area contributed by atoms with Crippen LogP contribution in [0.3, 0.4) is 0 Å². The first-order valence-corrected chi connectivity index (χ1v) is 11.0. The zero-order valence-electron chi connectivity index (χ0n) is 17.7. The Bertz CT molecular complexity index is 1250. The van der Waals surface area contributed by atoms with E-state index < -0.39 is 22.1 Å². The van der Waals surface area contributed by atoms with Gasteiger partial charge in [0.1, 0.15) is 10.5 Å². The second kappa shape index (κ2) is 9.52. The molecule has 0 radical (unpaired) electrons. The molecule has 2 N–H and O–H groups in total. The molecule has 0 bridgehead atoms. The molecule has 0 aliphatic heterocycles. The molecule has 9 heteroatoms. The lowest BCUT2D eigenvalue weighted by molar-refractivity contribution is 0.0599. The molecule has 3 rings (SSSR count). The van der Waals surface area contributed by atoms with Crippen LogP contribution in [0.1, 0.15) is 21.5 Å². The van der Waals surface area contributed by atoms with Crippen LogP contribution in [-0.4, -0.2) is 27.5 Å². The molecular weight excluding hydrogens is 432 g/mol. The summed E-state index contributed by atoms with van der Waals surface area (Å²) in [5, 5.41) is 5.26. The fraction of sp³-hybridized carbons (Fsp3) is 0.130. The third-order valence-electron chi connectivity index (χ3n) is 4.43. The number of esters is 1. The Morgan fingerprint density at radius 2 is 1.47 bits per heavy atom. The number of rotatable bonds is 6. The Hall–Kier alpha value is -3.85. The first-order chi connectivity index (χ1) is 15.2. The Balaban J connectivity index is 1.83. The second-order valence-electron chi connectivity index (χ2n) is 7.00. The number of hydrogen-bond donors (Lipinski definition) is 2. The number of carbonyl (C=O) groups is 2. The topological polar surface area (TPSA) is 111 Å². The molecule has 3 aromatic carbocycles. The lowest BCUT2D eigenvalue weighted by atomic mass is 10.2. The number of aryl methyl sites for hydroxylation is 2. The molecule has 0 fully saturated rings. The molecule has 0 spiro atoms. The Morgan fingerprint density at radius 1 is 0.812 bits per heavy atom. The largest absolute Gasteiger partial charge is 0.465 e. The summed E-state index contributed by atoms with van der Waals surface area (Å²) in [4.78, 5) is 24.5. The van der Waals surface area contributed by atoms with Crippen molar-refractivity contribution in [1.29, 1.82) is 0 Å². The SMILES string of the molecule is COC(=O)c1cc(NC(=O)Nc2ccc(C)cc2)ccc1OS(=O)(=O)c1cccc(C)c1. The highest BCUT2D eigenvalue weighted by atomic mass is 32.2.